The monoisotopic (exact) mass is 408 g/mol. The maximum atomic E-state index is 12.6. The molecule has 0 saturated carbocycles. The minimum atomic E-state index is -0.343. The number of amides is 1. The van der Waals surface area contributed by atoms with Gasteiger partial charge in [0.25, 0.3) is 0 Å². The number of piperidine rings is 1. The lowest BCUT2D eigenvalue weighted by molar-refractivity contribution is -0.131. The molecule has 3 aromatic rings. The predicted octanol–water partition coefficient (Wildman–Crippen LogP) is 3.29. The average Bonchev–Trinajstić information content (AvgIpc) is 3.24. The summed E-state index contributed by atoms with van der Waals surface area (Å²) in [5, 5.41) is 2.77. The SMILES string of the molecule is CC1CCN(OC(=O)N(C)Cc2ccccc2)CC1N(C)c1ncnc2[nH]ccc12. The molecule has 1 saturated heterocycles. The van der Waals surface area contributed by atoms with E-state index in [0.29, 0.717) is 19.0 Å². The first-order valence-electron chi connectivity index (χ1n) is 10.3. The van der Waals surface area contributed by atoms with E-state index in [2.05, 4.69) is 26.8 Å². The number of hydrogen-bond donors (Lipinski definition) is 1. The van der Waals surface area contributed by atoms with E-state index >= 15 is 0 Å². The van der Waals surface area contributed by atoms with E-state index in [4.69, 9.17) is 4.84 Å². The minimum Gasteiger partial charge on any atom is -0.354 e. The van der Waals surface area contributed by atoms with Gasteiger partial charge >= 0.3 is 6.09 Å². The van der Waals surface area contributed by atoms with E-state index < -0.39 is 0 Å². The zero-order valence-electron chi connectivity index (χ0n) is 17.7. The second-order valence-electron chi connectivity index (χ2n) is 7.97. The predicted molar refractivity (Wildman–Crippen MR) is 116 cm³/mol. The first kappa shape index (κ1) is 20.2. The molecule has 0 bridgehead atoms. The molecule has 2 aromatic heterocycles. The summed E-state index contributed by atoms with van der Waals surface area (Å²) in [4.78, 5) is 34.0. The lowest BCUT2D eigenvalue weighted by atomic mass is 9.93. The second-order valence-corrected chi connectivity index (χ2v) is 7.97. The van der Waals surface area contributed by atoms with Gasteiger partial charge in [0.15, 0.2) is 0 Å². The number of hydrogen-bond acceptors (Lipinski definition) is 6. The van der Waals surface area contributed by atoms with Crippen LogP contribution in [-0.2, 0) is 11.4 Å². The van der Waals surface area contributed by atoms with Gasteiger partial charge < -0.3 is 19.6 Å². The van der Waals surface area contributed by atoms with E-state index in [-0.39, 0.29) is 12.1 Å². The van der Waals surface area contributed by atoms with Gasteiger partial charge in [0, 0.05) is 39.4 Å². The molecule has 8 nitrogen and oxygen atoms in total. The molecule has 8 heteroatoms. The smallest absolute Gasteiger partial charge is 0.354 e. The number of carbonyl (C=O) groups excluding carboxylic acids is 1. The first-order chi connectivity index (χ1) is 14.5. The molecule has 1 aliphatic rings. The number of carbonyl (C=O) groups is 1. The molecule has 1 fully saturated rings. The summed E-state index contributed by atoms with van der Waals surface area (Å²) >= 11 is 0. The molecule has 2 unspecified atom stereocenters. The van der Waals surface area contributed by atoms with Crippen LogP contribution in [0.3, 0.4) is 0 Å². The van der Waals surface area contributed by atoms with Crippen molar-refractivity contribution >= 4 is 22.9 Å². The van der Waals surface area contributed by atoms with Crippen LogP contribution in [0.25, 0.3) is 11.0 Å². The Kier molecular flexibility index (Phi) is 5.85. The van der Waals surface area contributed by atoms with Crippen molar-refractivity contribution < 1.29 is 9.63 Å². The van der Waals surface area contributed by atoms with E-state index in [1.54, 1.807) is 23.3 Å². The zero-order valence-corrected chi connectivity index (χ0v) is 17.7. The van der Waals surface area contributed by atoms with Gasteiger partial charge in [-0.05, 0) is 24.0 Å². The summed E-state index contributed by atoms with van der Waals surface area (Å²) in [7, 11) is 3.80. The topological polar surface area (TPSA) is 77.6 Å². The number of aromatic nitrogens is 3. The Bertz CT molecular complexity index is 991. The summed E-state index contributed by atoms with van der Waals surface area (Å²) in [5.74, 6) is 1.32. The zero-order chi connectivity index (χ0) is 21.1. The van der Waals surface area contributed by atoms with Gasteiger partial charge in [0.1, 0.15) is 17.8 Å². The molecular weight excluding hydrogens is 380 g/mol. The van der Waals surface area contributed by atoms with Crippen LogP contribution in [0.1, 0.15) is 18.9 Å². The maximum Gasteiger partial charge on any atom is 0.428 e. The molecule has 1 amide bonds. The molecule has 0 radical (unpaired) electrons. The highest BCUT2D eigenvalue weighted by atomic mass is 16.7. The largest absolute Gasteiger partial charge is 0.428 e. The molecule has 158 valence electrons. The molecule has 1 aromatic carbocycles. The number of H-pyrrole nitrogens is 1. The Morgan fingerprint density at radius 1 is 1.23 bits per heavy atom. The van der Waals surface area contributed by atoms with Crippen LogP contribution >= 0.6 is 0 Å². The quantitative estimate of drug-likeness (QED) is 0.698. The summed E-state index contributed by atoms with van der Waals surface area (Å²) in [6, 6.07) is 12.1. The molecule has 0 aliphatic carbocycles. The molecular formula is C22H28N6O2. The van der Waals surface area contributed by atoms with Gasteiger partial charge in [-0.1, -0.05) is 37.3 Å². The molecule has 30 heavy (non-hydrogen) atoms. The fraction of sp³-hybridized carbons (Fsp3) is 0.409. The normalized spacial score (nSPS) is 19.6. The number of benzene rings is 1. The van der Waals surface area contributed by atoms with Crippen molar-refractivity contribution in [2.45, 2.75) is 25.9 Å². The number of aromatic amines is 1. The van der Waals surface area contributed by atoms with Crippen LogP contribution in [0.2, 0.25) is 0 Å². The van der Waals surface area contributed by atoms with Crippen LogP contribution in [0, 0.1) is 5.92 Å². The van der Waals surface area contributed by atoms with E-state index in [0.717, 1.165) is 35.4 Å². The second kappa shape index (κ2) is 8.71. The third-order valence-electron chi connectivity index (χ3n) is 5.83. The number of hydroxylamine groups is 2. The molecule has 1 N–H and O–H groups in total. The van der Waals surface area contributed by atoms with Gasteiger partial charge in [-0.3, -0.25) is 0 Å². The van der Waals surface area contributed by atoms with E-state index in [1.807, 2.05) is 49.6 Å². The van der Waals surface area contributed by atoms with Crippen molar-refractivity contribution in [2.24, 2.45) is 5.92 Å². The standard InChI is InChI=1S/C22H28N6O2/c1-16-10-12-28(30-22(29)26(2)13-17-7-5-4-6-8-17)14-19(16)27(3)21-18-9-11-23-20(18)24-15-25-21/h4-9,11,15-16,19H,10,12-14H2,1-3H3,(H,23,24,25). The Hall–Kier alpha value is -3.13. The van der Waals surface area contributed by atoms with Gasteiger partial charge in [0.05, 0.1) is 11.9 Å². The Morgan fingerprint density at radius 2 is 2.03 bits per heavy atom. The van der Waals surface area contributed by atoms with Crippen molar-refractivity contribution in [1.82, 2.24) is 24.9 Å². The first-order valence-corrected chi connectivity index (χ1v) is 10.3. The number of rotatable bonds is 5. The molecule has 2 atom stereocenters. The minimum absolute atomic E-state index is 0.166. The van der Waals surface area contributed by atoms with Crippen LogP contribution in [-0.4, -0.2) is 64.2 Å². The van der Waals surface area contributed by atoms with Crippen molar-refractivity contribution in [1.29, 1.82) is 0 Å². The lowest BCUT2D eigenvalue weighted by Gasteiger charge is -2.41. The number of nitrogens with zero attached hydrogens (tertiary/aromatic N) is 5. The Labute approximate surface area is 176 Å². The van der Waals surface area contributed by atoms with Crippen LogP contribution in [0.5, 0.6) is 0 Å². The van der Waals surface area contributed by atoms with E-state index in [9.17, 15) is 4.79 Å². The number of likely N-dealkylation sites (N-methyl/N-ethyl adjacent to an activating group) is 1. The highest BCUT2D eigenvalue weighted by Crippen LogP contribution is 2.28. The summed E-state index contributed by atoms with van der Waals surface area (Å²) in [6.45, 7) is 4.09. The molecule has 0 spiro atoms. The fourth-order valence-electron chi connectivity index (χ4n) is 4.01. The molecule has 4 rings (SSSR count). The summed E-state index contributed by atoms with van der Waals surface area (Å²) in [5.41, 5.74) is 1.89. The number of anilines is 1. The molecule has 3 heterocycles. The van der Waals surface area contributed by atoms with E-state index in [1.165, 1.54) is 0 Å². The Balaban J connectivity index is 1.41. The average molecular weight is 409 g/mol. The highest BCUT2D eigenvalue weighted by molar-refractivity contribution is 5.87. The Morgan fingerprint density at radius 3 is 2.83 bits per heavy atom. The third-order valence-corrected chi connectivity index (χ3v) is 5.83. The number of fused-ring (bicyclic) bond motifs is 1. The van der Waals surface area contributed by atoms with Crippen molar-refractivity contribution in [3.63, 3.8) is 0 Å². The van der Waals surface area contributed by atoms with Crippen molar-refractivity contribution in [3.05, 3.63) is 54.5 Å². The van der Waals surface area contributed by atoms with Gasteiger partial charge in [0.2, 0.25) is 0 Å². The van der Waals surface area contributed by atoms with Crippen LogP contribution in [0.4, 0.5) is 10.6 Å². The summed E-state index contributed by atoms with van der Waals surface area (Å²) in [6.07, 6.45) is 4.04. The van der Waals surface area contributed by atoms with Crippen LogP contribution in [0.15, 0.2) is 48.9 Å². The third kappa shape index (κ3) is 4.23. The molecule has 1 aliphatic heterocycles. The van der Waals surface area contributed by atoms with Crippen molar-refractivity contribution in [2.75, 3.05) is 32.1 Å². The van der Waals surface area contributed by atoms with Gasteiger partial charge in [-0.25, -0.2) is 14.8 Å². The maximum absolute atomic E-state index is 12.6. The number of nitrogens with one attached hydrogen (secondary N) is 1. The van der Waals surface area contributed by atoms with Gasteiger partial charge in [-0.15, -0.1) is 5.06 Å². The summed E-state index contributed by atoms with van der Waals surface area (Å²) < 4.78 is 0. The van der Waals surface area contributed by atoms with Crippen molar-refractivity contribution in [3.8, 4) is 0 Å². The fourth-order valence-corrected chi connectivity index (χ4v) is 4.01. The lowest BCUT2D eigenvalue weighted by Crippen LogP contribution is -2.52. The van der Waals surface area contributed by atoms with Gasteiger partial charge in [-0.2, -0.15) is 0 Å². The highest BCUT2D eigenvalue weighted by Gasteiger charge is 2.33. The van der Waals surface area contributed by atoms with Crippen LogP contribution < -0.4 is 4.90 Å².